The summed E-state index contributed by atoms with van der Waals surface area (Å²) in [5.74, 6) is 1.13. The van der Waals surface area contributed by atoms with Crippen LogP contribution in [0.2, 0.25) is 0 Å². The molecular formula is C11H20N4. The van der Waals surface area contributed by atoms with E-state index in [0.717, 1.165) is 18.8 Å². The van der Waals surface area contributed by atoms with Crippen LogP contribution in [0.15, 0.2) is 6.33 Å². The van der Waals surface area contributed by atoms with Crippen LogP contribution in [0.5, 0.6) is 0 Å². The molecule has 0 spiro atoms. The van der Waals surface area contributed by atoms with Gasteiger partial charge in [-0.1, -0.05) is 6.42 Å². The van der Waals surface area contributed by atoms with Gasteiger partial charge in [0.1, 0.15) is 12.2 Å². The zero-order valence-electron chi connectivity index (χ0n) is 9.45. The second-order valence-electron chi connectivity index (χ2n) is 4.18. The Morgan fingerprint density at radius 3 is 3.20 bits per heavy atom. The van der Waals surface area contributed by atoms with Gasteiger partial charge in [-0.15, -0.1) is 0 Å². The predicted octanol–water partition coefficient (Wildman–Crippen LogP) is 1.37. The highest BCUT2D eigenvalue weighted by atomic mass is 15.3. The third-order valence-corrected chi connectivity index (χ3v) is 3.12. The molecule has 0 aliphatic carbocycles. The van der Waals surface area contributed by atoms with Crippen molar-refractivity contribution in [2.24, 2.45) is 0 Å². The standard InChI is InChI=1S/C11H20N4/c1-2-15-11(13-9-14-15)7-6-10-5-3-4-8-12-10/h9-10,12H,2-8H2,1H3. The molecular weight excluding hydrogens is 188 g/mol. The monoisotopic (exact) mass is 208 g/mol. The summed E-state index contributed by atoms with van der Waals surface area (Å²) in [6.07, 6.45) is 7.93. The molecule has 84 valence electrons. The average Bonchev–Trinajstić information content (AvgIpc) is 2.75. The van der Waals surface area contributed by atoms with Crippen molar-refractivity contribution >= 4 is 0 Å². The molecule has 0 amide bonds. The number of nitrogens with one attached hydrogen (secondary N) is 1. The second-order valence-corrected chi connectivity index (χ2v) is 4.18. The summed E-state index contributed by atoms with van der Waals surface area (Å²) in [5, 5.41) is 7.75. The van der Waals surface area contributed by atoms with Crippen molar-refractivity contribution in [3.8, 4) is 0 Å². The van der Waals surface area contributed by atoms with E-state index in [1.54, 1.807) is 6.33 Å². The molecule has 4 nitrogen and oxygen atoms in total. The lowest BCUT2D eigenvalue weighted by Gasteiger charge is -2.23. The molecule has 1 aliphatic rings. The van der Waals surface area contributed by atoms with Crippen LogP contribution < -0.4 is 5.32 Å². The van der Waals surface area contributed by atoms with Crippen LogP contribution in [0.3, 0.4) is 0 Å². The van der Waals surface area contributed by atoms with Gasteiger partial charge in [-0.2, -0.15) is 5.10 Å². The Labute approximate surface area is 91.1 Å². The first-order chi connectivity index (χ1) is 7.40. The van der Waals surface area contributed by atoms with Gasteiger partial charge in [-0.3, -0.25) is 4.68 Å². The number of hydrogen-bond acceptors (Lipinski definition) is 3. The number of hydrogen-bond donors (Lipinski definition) is 1. The van der Waals surface area contributed by atoms with Gasteiger partial charge in [0.2, 0.25) is 0 Å². The molecule has 1 aromatic heterocycles. The molecule has 0 aromatic carbocycles. The van der Waals surface area contributed by atoms with Crippen molar-refractivity contribution < 1.29 is 0 Å². The van der Waals surface area contributed by atoms with Crippen LogP contribution in [-0.2, 0) is 13.0 Å². The summed E-state index contributed by atoms with van der Waals surface area (Å²) < 4.78 is 1.99. The maximum atomic E-state index is 4.30. The summed E-state index contributed by atoms with van der Waals surface area (Å²) in [7, 11) is 0. The Hall–Kier alpha value is -0.900. The van der Waals surface area contributed by atoms with Crippen molar-refractivity contribution in [1.82, 2.24) is 20.1 Å². The molecule has 4 heteroatoms. The quantitative estimate of drug-likeness (QED) is 0.812. The summed E-state index contributed by atoms with van der Waals surface area (Å²) in [6, 6.07) is 0.695. The van der Waals surface area contributed by atoms with E-state index in [1.807, 2.05) is 4.68 Å². The Bertz CT molecular complexity index is 289. The van der Waals surface area contributed by atoms with Crippen LogP contribution >= 0.6 is 0 Å². The molecule has 2 rings (SSSR count). The maximum absolute atomic E-state index is 4.30. The first-order valence-corrected chi connectivity index (χ1v) is 6.00. The lowest BCUT2D eigenvalue weighted by atomic mass is 10.0. The fourth-order valence-corrected chi connectivity index (χ4v) is 2.22. The molecule has 15 heavy (non-hydrogen) atoms. The fraction of sp³-hybridized carbons (Fsp3) is 0.818. The van der Waals surface area contributed by atoms with Gasteiger partial charge in [-0.05, 0) is 32.7 Å². The first kappa shape index (κ1) is 10.6. The Morgan fingerprint density at radius 1 is 1.53 bits per heavy atom. The summed E-state index contributed by atoms with van der Waals surface area (Å²) in [5.41, 5.74) is 0. The Kier molecular flexibility index (Phi) is 3.72. The van der Waals surface area contributed by atoms with Gasteiger partial charge in [0.05, 0.1) is 0 Å². The van der Waals surface area contributed by atoms with E-state index in [9.17, 15) is 0 Å². The van der Waals surface area contributed by atoms with E-state index >= 15 is 0 Å². The molecule has 0 saturated carbocycles. The highest BCUT2D eigenvalue weighted by molar-refractivity contribution is 4.87. The lowest BCUT2D eigenvalue weighted by molar-refractivity contribution is 0.378. The van der Waals surface area contributed by atoms with Crippen LogP contribution in [0.1, 0.15) is 38.4 Å². The zero-order valence-corrected chi connectivity index (χ0v) is 9.45. The van der Waals surface area contributed by atoms with E-state index in [4.69, 9.17) is 0 Å². The van der Waals surface area contributed by atoms with Crippen molar-refractivity contribution in [2.45, 2.75) is 51.6 Å². The highest BCUT2D eigenvalue weighted by Crippen LogP contribution is 2.12. The third kappa shape index (κ3) is 2.78. The van der Waals surface area contributed by atoms with Crippen LogP contribution in [0.4, 0.5) is 0 Å². The van der Waals surface area contributed by atoms with Crippen LogP contribution in [0.25, 0.3) is 0 Å². The highest BCUT2D eigenvalue weighted by Gasteiger charge is 2.13. The predicted molar refractivity (Wildman–Crippen MR) is 59.7 cm³/mol. The van der Waals surface area contributed by atoms with Crippen molar-refractivity contribution in [1.29, 1.82) is 0 Å². The molecule has 1 aliphatic heterocycles. The molecule has 1 aromatic rings. The van der Waals surface area contributed by atoms with E-state index < -0.39 is 0 Å². The average molecular weight is 208 g/mol. The topological polar surface area (TPSA) is 42.7 Å². The summed E-state index contributed by atoms with van der Waals surface area (Å²) in [4.78, 5) is 4.30. The zero-order chi connectivity index (χ0) is 10.5. The number of aromatic nitrogens is 3. The minimum absolute atomic E-state index is 0.695. The van der Waals surface area contributed by atoms with E-state index in [-0.39, 0.29) is 0 Å². The number of nitrogens with zero attached hydrogens (tertiary/aromatic N) is 3. The smallest absolute Gasteiger partial charge is 0.138 e. The number of piperidine rings is 1. The largest absolute Gasteiger partial charge is 0.314 e. The third-order valence-electron chi connectivity index (χ3n) is 3.12. The molecule has 1 unspecified atom stereocenters. The summed E-state index contributed by atoms with van der Waals surface area (Å²) in [6.45, 7) is 4.22. The molecule has 1 N–H and O–H groups in total. The van der Waals surface area contributed by atoms with Gasteiger partial charge < -0.3 is 5.32 Å². The van der Waals surface area contributed by atoms with Crippen LogP contribution in [-0.4, -0.2) is 27.4 Å². The van der Waals surface area contributed by atoms with Crippen molar-refractivity contribution in [2.75, 3.05) is 6.54 Å². The molecule has 1 fully saturated rings. The number of rotatable bonds is 4. The molecule has 1 saturated heterocycles. The van der Waals surface area contributed by atoms with Gasteiger partial charge in [0.25, 0.3) is 0 Å². The second kappa shape index (κ2) is 5.26. The van der Waals surface area contributed by atoms with Crippen LogP contribution in [0, 0.1) is 0 Å². The SMILES string of the molecule is CCn1ncnc1CCC1CCCCN1. The minimum Gasteiger partial charge on any atom is -0.314 e. The summed E-state index contributed by atoms with van der Waals surface area (Å²) >= 11 is 0. The maximum Gasteiger partial charge on any atom is 0.138 e. The molecule has 0 radical (unpaired) electrons. The molecule has 2 heterocycles. The van der Waals surface area contributed by atoms with Crippen molar-refractivity contribution in [3.05, 3.63) is 12.2 Å². The van der Waals surface area contributed by atoms with E-state index in [2.05, 4.69) is 22.3 Å². The van der Waals surface area contributed by atoms with E-state index in [0.29, 0.717) is 6.04 Å². The number of aryl methyl sites for hydroxylation is 2. The normalized spacial score (nSPS) is 21.8. The van der Waals surface area contributed by atoms with Crippen molar-refractivity contribution in [3.63, 3.8) is 0 Å². The van der Waals surface area contributed by atoms with Gasteiger partial charge in [-0.25, -0.2) is 4.98 Å². The minimum atomic E-state index is 0.695. The Morgan fingerprint density at radius 2 is 2.47 bits per heavy atom. The lowest BCUT2D eigenvalue weighted by Crippen LogP contribution is -2.34. The molecule has 1 atom stereocenters. The molecule has 0 bridgehead atoms. The van der Waals surface area contributed by atoms with E-state index in [1.165, 1.54) is 32.2 Å². The van der Waals surface area contributed by atoms with Gasteiger partial charge >= 0.3 is 0 Å². The fourth-order valence-electron chi connectivity index (χ4n) is 2.22. The van der Waals surface area contributed by atoms with Gasteiger partial charge in [0.15, 0.2) is 0 Å². The Balaban J connectivity index is 1.81. The van der Waals surface area contributed by atoms with Gasteiger partial charge in [0, 0.05) is 19.0 Å². The first-order valence-electron chi connectivity index (χ1n) is 6.00.